The molecule has 0 radical (unpaired) electrons. The van der Waals surface area contributed by atoms with Gasteiger partial charge in [-0.3, -0.25) is 9.69 Å². The highest BCUT2D eigenvalue weighted by atomic mass is 32.2. The van der Waals surface area contributed by atoms with Crippen molar-refractivity contribution in [1.82, 2.24) is 18.8 Å². The maximum absolute atomic E-state index is 12.6. The minimum absolute atomic E-state index is 0.0647. The lowest BCUT2D eigenvalue weighted by Crippen LogP contribution is -2.55. The molecule has 0 aromatic heterocycles. The topological polar surface area (TPSA) is 73.0 Å². The predicted molar refractivity (Wildman–Crippen MR) is 83.5 cm³/mol. The van der Waals surface area contributed by atoms with Crippen LogP contribution in [-0.2, 0) is 15.0 Å². The van der Waals surface area contributed by atoms with E-state index in [9.17, 15) is 13.2 Å². The van der Waals surface area contributed by atoms with Crippen molar-refractivity contribution in [1.29, 1.82) is 0 Å². The molecule has 0 aromatic carbocycles. The van der Waals surface area contributed by atoms with Gasteiger partial charge in [-0.1, -0.05) is 6.42 Å². The fourth-order valence-corrected chi connectivity index (χ4v) is 4.75. The maximum Gasteiger partial charge on any atom is 0.282 e. The highest BCUT2D eigenvalue weighted by Crippen LogP contribution is 2.19. The van der Waals surface area contributed by atoms with Gasteiger partial charge in [-0.15, -0.1) is 0 Å². The fourth-order valence-electron chi connectivity index (χ4n) is 3.08. The molecular formula is C14H26N4O3S. The summed E-state index contributed by atoms with van der Waals surface area (Å²) in [5.74, 6) is 0.0647. The number of carbonyl (C=O) groups excluding carboxylic acids is 1. The first-order valence-electron chi connectivity index (χ1n) is 8.32. The number of rotatable bonds is 5. The lowest BCUT2D eigenvalue weighted by Gasteiger charge is -2.37. The third-order valence-electron chi connectivity index (χ3n) is 4.61. The molecule has 1 amide bonds. The smallest absolute Gasteiger partial charge is 0.282 e. The van der Waals surface area contributed by atoms with Gasteiger partial charge in [-0.25, -0.2) is 0 Å². The Labute approximate surface area is 132 Å². The summed E-state index contributed by atoms with van der Waals surface area (Å²) in [4.78, 5) is 13.8. The number of hydrogen-bond donors (Lipinski definition) is 1. The summed E-state index contributed by atoms with van der Waals surface area (Å²) in [6.07, 6.45) is 5.22. The summed E-state index contributed by atoms with van der Waals surface area (Å²) >= 11 is 0. The first-order valence-corrected chi connectivity index (χ1v) is 9.72. The Bertz CT molecular complexity index is 492. The minimum Gasteiger partial charge on any atom is -0.352 e. The van der Waals surface area contributed by atoms with Gasteiger partial charge in [-0.2, -0.15) is 17.0 Å². The van der Waals surface area contributed by atoms with Gasteiger partial charge in [0.2, 0.25) is 5.91 Å². The molecule has 2 heterocycles. The van der Waals surface area contributed by atoms with Crippen LogP contribution in [0.4, 0.5) is 0 Å². The second-order valence-corrected chi connectivity index (χ2v) is 8.41. The molecule has 1 aliphatic carbocycles. The van der Waals surface area contributed by atoms with Crippen molar-refractivity contribution in [3.05, 3.63) is 0 Å². The van der Waals surface area contributed by atoms with E-state index in [1.54, 1.807) is 8.61 Å². The molecule has 3 rings (SSSR count). The molecule has 0 unspecified atom stereocenters. The van der Waals surface area contributed by atoms with E-state index < -0.39 is 10.2 Å². The van der Waals surface area contributed by atoms with Gasteiger partial charge in [0.25, 0.3) is 10.2 Å². The fraction of sp³-hybridized carbons (Fsp3) is 0.929. The molecule has 7 nitrogen and oxygen atoms in total. The zero-order chi connectivity index (χ0) is 15.6. The van der Waals surface area contributed by atoms with Crippen molar-refractivity contribution in [3.8, 4) is 0 Å². The lowest BCUT2D eigenvalue weighted by atomic mass is 10.2. The van der Waals surface area contributed by atoms with E-state index in [4.69, 9.17) is 0 Å². The summed E-state index contributed by atoms with van der Waals surface area (Å²) in [6, 6.07) is 0.383. The molecule has 0 aromatic rings. The van der Waals surface area contributed by atoms with Crippen LogP contribution in [0.3, 0.4) is 0 Å². The molecule has 0 spiro atoms. The normalized spacial score (nSPS) is 26.0. The number of nitrogens with one attached hydrogen (secondary N) is 1. The first kappa shape index (κ1) is 16.2. The Morgan fingerprint density at radius 2 is 1.50 bits per heavy atom. The Hall–Kier alpha value is -0.700. The van der Waals surface area contributed by atoms with Gasteiger partial charge in [0, 0.05) is 45.3 Å². The average molecular weight is 330 g/mol. The molecular weight excluding hydrogens is 304 g/mol. The quantitative estimate of drug-likeness (QED) is 0.745. The van der Waals surface area contributed by atoms with Crippen LogP contribution in [0.2, 0.25) is 0 Å². The van der Waals surface area contributed by atoms with Crippen molar-refractivity contribution in [2.75, 3.05) is 45.8 Å². The summed E-state index contributed by atoms with van der Waals surface area (Å²) in [5.41, 5.74) is 0. The Morgan fingerprint density at radius 1 is 0.909 bits per heavy atom. The minimum atomic E-state index is -3.31. The molecule has 126 valence electrons. The number of piperazine rings is 1. The van der Waals surface area contributed by atoms with Crippen molar-refractivity contribution in [3.63, 3.8) is 0 Å². The second kappa shape index (κ2) is 6.82. The SMILES string of the molecule is O=C(CN1CCN(S(=O)(=O)N2CCCCC2)CC1)NC1CC1. The highest BCUT2D eigenvalue weighted by Gasteiger charge is 2.33. The van der Waals surface area contributed by atoms with Gasteiger partial charge in [0.1, 0.15) is 0 Å². The Balaban J connectivity index is 1.46. The van der Waals surface area contributed by atoms with E-state index in [1.165, 1.54) is 0 Å². The summed E-state index contributed by atoms with van der Waals surface area (Å²) in [7, 11) is -3.31. The Morgan fingerprint density at radius 3 is 2.09 bits per heavy atom. The third-order valence-corrected chi connectivity index (χ3v) is 6.64. The van der Waals surface area contributed by atoms with Gasteiger partial charge < -0.3 is 5.32 Å². The van der Waals surface area contributed by atoms with Crippen LogP contribution >= 0.6 is 0 Å². The Kier molecular flexibility index (Phi) is 5.01. The maximum atomic E-state index is 12.6. The molecule has 22 heavy (non-hydrogen) atoms. The van der Waals surface area contributed by atoms with E-state index in [1.807, 2.05) is 4.90 Å². The van der Waals surface area contributed by atoms with E-state index in [0.717, 1.165) is 32.1 Å². The summed E-state index contributed by atoms with van der Waals surface area (Å²) in [5, 5.41) is 2.97. The van der Waals surface area contributed by atoms with Crippen molar-refractivity contribution in [2.24, 2.45) is 0 Å². The van der Waals surface area contributed by atoms with Gasteiger partial charge in [0.05, 0.1) is 6.54 Å². The largest absolute Gasteiger partial charge is 0.352 e. The van der Waals surface area contributed by atoms with Crippen LogP contribution < -0.4 is 5.32 Å². The van der Waals surface area contributed by atoms with Crippen LogP contribution in [0.5, 0.6) is 0 Å². The predicted octanol–water partition coefficient (Wildman–Crippen LogP) is -0.387. The molecule has 8 heteroatoms. The van der Waals surface area contributed by atoms with E-state index in [0.29, 0.717) is 51.9 Å². The monoisotopic (exact) mass is 330 g/mol. The van der Waals surface area contributed by atoms with Crippen molar-refractivity contribution in [2.45, 2.75) is 38.1 Å². The molecule has 1 saturated carbocycles. The highest BCUT2D eigenvalue weighted by molar-refractivity contribution is 7.86. The van der Waals surface area contributed by atoms with Gasteiger partial charge in [-0.05, 0) is 25.7 Å². The van der Waals surface area contributed by atoms with Gasteiger partial charge >= 0.3 is 0 Å². The number of amides is 1. The molecule has 3 fully saturated rings. The van der Waals surface area contributed by atoms with Crippen LogP contribution in [0.15, 0.2) is 0 Å². The summed E-state index contributed by atoms with van der Waals surface area (Å²) < 4.78 is 28.3. The standard InChI is InChI=1S/C14H26N4O3S/c19-14(15-13-4-5-13)12-16-8-10-18(11-9-16)22(20,21)17-6-2-1-3-7-17/h13H,1-12H2,(H,15,19). The number of piperidine rings is 1. The van der Waals surface area contributed by atoms with Crippen molar-refractivity contribution < 1.29 is 13.2 Å². The molecule has 0 atom stereocenters. The molecule has 1 N–H and O–H groups in total. The van der Waals surface area contributed by atoms with Crippen LogP contribution in [0.1, 0.15) is 32.1 Å². The van der Waals surface area contributed by atoms with Crippen LogP contribution in [-0.4, -0.2) is 79.7 Å². The second-order valence-electron chi connectivity index (χ2n) is 6.48. The van der Waals surface area contributed by atoms with Crippen LogP contribution in [0.25, 0.3) is 0 Å². The zero-order valence-corrected chi connectivity index (χ0v) is 13.9. The molecule has 2 aliphatic heterocycles. The van der Waals surface area contributed by atoms with E-state index in [2.05, 4.69) is 5.32 Å². The molecule has 3 aliphatic rings. The van der Waals surface area contributed by atoms with E-state index in [-0.39, 0.29) is 5.91 Å². The average Bonchev–Trinajstić information content (AvgIpc) is 3.32. The lowest BCUT2D eigenvalue weighted by molar-refractivity contribution is -0.122. The number of nitrogens with zero attached hydrogens (tertiary/aromatic N) is 3. The van der Waals surface area contributed by atoms with Gasteiger partial charge in [0.15, 0.2) is 0 Å². The van der Waals surface area contributed by atoms with Crippen LogP contribution in [0, 0.1) is 0 Å². The van der Waals surface area contributed by atoms with Crippen molar-refractivity contribution >= 4 is 16.1 Å². The molecule has 2 saturated heterocycles. The third kappa shape index (κ3) is 3.98. The summed E-state index contributed by atoms with van der Waals surface area (Å²) in [6.45, 7) is 3.90. The zero-order valence-electron chi connectivity index (χ0n) is 13.0. The number of carbonyl (C=O) groups is 1. The van der Waals surface area contributed by atoms with E-state index >= 15 is 0 Å². The first-order chi connectivity index (χ1) is 10.6. The number of hydrogen-bond acceptors (Lipinski definition) is 4. The molecule has 0 bridgehead atoms.